The van der Waals surface area contributed by atoms with Gasteiger partial charge in [0.05, 0.1) is 56.3 Å². The second-order valence-electron chi connectivity index (χ2n) is 18.6. The number of ether oxygens (including phenoxy) is 3. The number of morpholine rings is 1. The van der Waals surface area contributed by atoms with Crippen LogP contribution in [-0.2, 0) is 14.2 Å². The zero-order valence-electron chi connectivity index (χ0n) is 29.1. The van der Waals surface area contributed by atoms with Gasteiger partial charge < -0.3 is 34.6 Å². The van der Waals surface area contributed by atoms with Crippen molar-refractivity contribution >= 4 is 0 Å². The van der Waals surface area contributed by atoms with Crippen LogP contribution < -0.4 is 0 Å². The molecule has 13 atom stereocenters. The number of nitrogens with zero attached hydrogens (tertiary/aromatic N) is 1. The van der Waals surface area contributed by atoms with Gasteiger partial charge in [0.15, 0.2) is 6.29 Å². The Morgan fingerprint density at radius 3 is 2.33 bits per heavy atom. The molecule has 0 radical (unpaired) electrons. The Balaban J connectivity index is 1.09. The molecular formula is C37H63NO7. The lowest BCUT2D eigenvalue weighted by Crippen LogP contribution is -2.59. The summed E-state index contributed by atoms with van der Waals surface area (Å²) in [6, 6.07) is -0.257. The van der Waals surface area contributed by atoms with Crippen LogP contribution in [0.4, 0.5) is 0 Å². The first kappa shape index (κ1) is 33.2. The van der Waals surface area contributed by atoms with Crippen molar-refractivity contribution in [2.75, 3.05) is 32.9 Å². The van der Waals surface area contributed by atoms with Crippen molar-refractivity contribution < 1.29 is 34.6 Å². The predicted molar refractivity (Wildman–Crippen MR) is 171 cm³/mol. The number of fused-ring (bicyclic) bond motifs is 4. The van der Waals surface area contributed by atoms with Crippen molar-refractivity contribution in [3.8, 4) is 0 Å². The molecule has 2 heterocycles. The summed E-state index contributed by atoms with van der Waals surface area (Å²) in [5, 5.41) is 41.1. The van der Waals surface area contributed by atoms with Gasteiger partial charge in [0.25, 0.3) is 0 Å². The van der Waals surface area contributed by atoms with E-state index in [0.717, 1.165) is 19.3 Å². The number of aliphatic hydroxyl groups is 4. The van der Waals surface area contributed by atoms with Crippen molar-refractivity contribution in [2.45, 2.75) is 149 Å². The molecule has 5 aliphatic carbocycles. The molecule has 0 aromatic carbocycles. The number of hydrogen-bond donors (Lipinski definition) is 4. The molecule has 258 valence electrons. The Hall–Kier alpha value is -0.320. The number of aliphatic hydroxyl groups excluding tert-OH is 3. The highest BCUT2D eigenvalue weighted by Crippen LogP contribution is 2.89. The van der Waals surface area contributed by atoms with Gasteiger partial charge in [0.2, 0.25) is 0 Å². The van der Waals surface area contributed by atoms with E-state index < -0.39 is 11.7 Å². The highest BCUT2D eigenvalue weighted by Gasteiger charge is 2.83. The fourth-order valence-corrected chi connectivity index (χ4v) is 13.8. The van der Waals surface area contributed by atoms with Crippen molar-refractivity contribution in [2.24, 2.45) is 50.7 Å². The van der Waals surface area contributed by atoms with Gasteiger partial charge in [-0.1, -0.05) is 34.6 Å². The molecule has 0 amide bonds. The molecule has 0 aromatic heterocycles. The van der Waals surface area contributed by atoms with Crippen molar-refractivity contribution in [3.05, 3.63) is 0 Å². The summed E-state index contributed by atoms with van der Waals surface area (Å²) in [5.41, 5.74) is 0.151. The fraction of sp³-hybridized carbons (Fsp3) is 1.00. The fourth-order valence-electron chi connectivity index (χ4n) is 13.8. The maximum Gasteiger partial charge on any atom is 0.170 e. The van der Waals surface area contributed by atoms with Crippen LogP contribution in [0, 0.1) is 50.7 Å². The Bertz CT molecular complexity index is 1120. The van der Waals surface area contributed by atoms with Crippen molar-refractivity contribution in [1.82, 2.24) is 4.90 Å². The lowest BCUT2D eigenvalue weighted by Gasteiger charge is -2.63. The smallest absolute Gasteiger partial charge is 0.170 e. The molecule has 0 bridgehead atoms. The minimum atomic E-state index is -1.17. The monoisotopic (exact) mass is 633 g/mol. The Morgan fingerprint density at radius 1 is 0.956 bits per heavy atom. The molecule has 5 saturated carbocycles. The zero-order valence-corrected chi connectivity index (χ0v) is 29.1. The predicted octanol–water partition coefficient (Wildman–Crippen LogP) is 4.36. The summed E-state index contributed by atoms with van der Waals surface area (Å²) in [6.07, 6.45) is 9.50. The number of rotatable bonds is 7. The summed E-state index contributed by atoms with van der Waals surface area (Å²) >= 11 is 0. The molecule has 45 heavy (non-hydrogen) atoms. The molecule has 2 spiro atoms. The van der Waals surface area contributed by atoms with Crippen LogP contribution in [0.5, 0.6) is 0 Å². The first-order valence-electron chi connectivity index (χ1n) is 18.4. The molecule has 8 heteroatoms. The third-order valence-corrected chi connectivity index (χ3v) is 16.0. The van der Waals surface area contributed by atoms with Gasteiger partial charge in [0.1, 0.15) is 6.10 Å². The molecule has 2 saturated heterocycles. The van der Waals surface area contributed by atoms with E-state index in [2.05, 4.69) is 39.5 Å². The van der Waals surface area contributed by atoms with Crippen LogP contribution in [0.25, 0.3) is 0 Å². The van der Waals surface area contributed by atoms with Gasteiger partial charge in [-0.15, -0.1) is 0 Å². The standard InChI is InChI=1S/C37H63NO7/c1-22-16-24(31(41)33(4,5)42)44-25-17-35(7)27-9-8-26-32(2,3)28(45-29-18-38(14-15-43-29)23(19-39)20-40)10-11-36(26)21-37(27,36)13-12-34(35,6)30(22)25/h22-31,39-42H,8-21H2,1-7H3/t22-,24?,25?,26?,27+,28+,29?,30?,31+,34-,35+,36?,37+/m1/s1. The lowest BCUT2D eigenvalue weighted by molar-refractivity contribution is -0.251. The summed E-state index contributed by atoms with van der Waals surface area (Å²) in [4.78, 5) is 2.11. The summed E-state index contributed by atoms with van der Waals surface area (Å²) in [7, 11) is 0. The second-order valence-corrected chi connectivity index (χ2v) is 18.6. The van der Waals surface area contributed by atoms with Gasteiger partial charge in [-0.2, -0.15) is 0 Å². The SMILES string of the molecule is C[C@@H]1CC([C@H](O)C(C)(C)O)OC2C[C@@]3(C)[C@@H]4CCC5C(C)(C)[C@@H](OC6CN(C(CO)CO)CCO6)CCC56C[C@@]46CC[C@]3(C)C21. The molecule has 7 aliphatic rings. The normalized spacial score (nSPS) is 51.5. The zero-order chi connectivity index (χ0) is 32.4. The average Bonchev–Trinajstić information content (AvgIpc) is 3.57. The average molecular weight is 634 g/mol. The van der Waals surface area contributed by atoms with Crippen LogP contribution in [-0.4, -0.2) is 101 Å². The van der Waals surface area contributed by atoms with Gasteiger partial charge in [-0.05, 0) is 122 Å². The van der Waals surface area contributed by atoms with Crippen LogP contribution >= 0.6 is 0 Å². The molecule has 0 aromatic rings. The Labute approximate surface area is 271 Å². The quantitative estimate of drug-likeness (QED) is 0.328. The minimum absolute atomic E-state index is 0.0507. The van der Waals surface area contributed by atoms with E-state index in [9.17, 15) is 20.4 Å². The second kappa shape index (κ2) is 10.8. The molecule has 2 aliphatic heterocycles. The van der Waals surface area contributed by atoms with Crippen molar-refractivity contribution in [3.63, 3.8) is 0 Å². The van der Waals surface area contributed by atoms with E-state index in [4.69, 9.17) is 14.2 Å². The third kappa shape index (κ3) is 4.58. The number of hydrogen-bond acceptors (Lipinski definition) is 8. The van der Waals surface area contributed by atoms with Gasteiger partial charge >= 0.3 is 0 Å². The highest BCUT2D eigenvalue weighted by atomic mass is 16.7. The molecular weight excluding hydrogens is 570 g/mol. The summed E-state index contributed by atoms with van der Waals surface area (Å²) < 4.78 is 19.7. The molecule has 8 nitrogen and oxygen atoms in total. The Morgan fingerprint density at radius 2 is 1.64 bits per heavy atom. The topological polar surface area (TPSA) is 112 Å². The highest BCUT2D eigenvalue weighted by molar-refractivity contribution is 5.31. The molecule has 7 rings (SSSR count). The van der Waals surface area contributed by atoms with Gasteiger partial charge in [-0.25, -0.2) is 0 Å². The van der Waals surface area contributed by atoms with E-state index in [1.54, 1.807) is 13.8 Å². The first-order valence-corrected chi connectivity index (χ1v) is 18.4. The maximum atomic E-state index is 11.0. The van der Waals surface area contributed by atoms with Crippen LogP contribution in [0.3, 0.4) is 0 Å². The molecule has 4 N–H and O–H groups in total. The van der Waals surface area contributed by atoms with Crippen LogP contribution in [0.2, 0.25) is 0 Å². The van der Waals surface area contributed by atoms with E-state index in [0.29, 0.717) is 54.2 Å². The van der Waals surface area contributed by atoms with Gasteiger partial charge in [0, 0.05) is 6.54 Å². The van der Waals surface area contributed by atoms with E-state index in [-0.39, 0.29) is 60.1 Å². The third-order valence-electron chi connectivity index (χ3n) is 16.0. The maximum absolute atomic E-state index is 11.0. The van der Waals surface area contributed by atoms with E-state index >= 15 is 0 Å². The van der Waals surface area contributed by atoms with Crippen LogP contribution in [0.15, 0.2) is 0 Å². The summed E-state index contributed by atoms with van der Waals surface area (Å²) in [5.74, 6) is 2.31. The van der Waals surface area contributed by atoms with Gasteiger partial charge in [-0.3, -0.25) is 4.90 Å². The van der Waals surface area contributed by atoms with Crippen LogP contribution in [0.1, 0.15) is 106 Å². The Kier molecular flexibility index (Phi) is 7.99. The first-order chi connectivity index (χ1) is 21.1. The molecule has 7 fully saturated rings. The molecule has 6 unspecified atom stereocenters. The largest absolute Gasteiger partial charge is 0.395 e. The lowest BCUT2D eigenvalue weighted by atomic mass is 9.41. The van der Waals surface area contributed by atoms with E-state index in [1.165, 1.54) is 38.5 Å². The summed E-state index contributed by atoms with van der Waals surface area (Å²) in [6.45, 7) is 17.7. The van der Waals surface area contributed by atoms with E-state index in [1.807, 2.05) is 0 Å². The minimum Gasteiger partial charge on any atom is -0.395 e. The van der Waals surface area contributed by atoms with Crippen molar-refractivity contribution in [1.29, 1.82) is 0 Å².